The molecule has 0 unspecified atom stereocenters. The van der Waals surface area contributed by atoms with E-state index in [9.17, 15) is 13.2 Å². The zero-order chi connectivity index (χ0) is 20.0. The molecule has 2 atom stereocenters. The number of ether oxygens (including phenoxy) is 1. The van der Waals surface area contributed by atoms with E-state index in [1.165, 1.54) is 4.90 Å². The fourth-order valence-corrected chi connectivity index (χ4v) is 4.34. The third-order valence-corrected chi connectivity index (χ3v) is 5.74. The lowest BCUT2D eigenvalue weighted by Crippen LogP contribution is -2.54. The van der Waals surface area contributed by atoms with Crippen LogP contribution in [0.1, 0.15) is 17.5 Å². The number of amides is 1. The molecule has 0 bridgehead atoms. The molecule has 7 nitrogen and oxygen atoms in total. The van der Waals surface area contributed by atoms with Crippen molar-refractivity contribution in [3.8, 4) is 0 Å². The molecule has 0 saturated carbocycles. The van der Waals surface area contributed by atoms with Gasteiger partial charge in [0.1, 0.15) is 12.4 Å². The lowest BCUT2D eigenvalue weighted by atomic mass is 10.0. The van der Waals surface area contributed by atoms with Gasteiger partial charge in [-0.15, -0.1) is 0 Å². The van der Waals surface area contributed by atoms with E-state index in [2.05, 4.69) is 0 Å². The number of likely N-dealkylation sites (tertiary alicyclic amines) is 1. The Morgan fingerprint density at radius 2 is 1.64 bits per heavy atom. The first-order valence-corrected chi connectivity index (χ1v) is 10.7. The van der Waals surface area contributed by atoms with Gasteiger partial charge in [0.05, 0.1) is 12.1 Å². The van der Waals surface area contributed by atoms with Crippen molar-refractivity contribution < 1.29 is 22.1 Å². The zero-order valence-electron chi connectivity index (χ0n) is 15.4. The number of hydrogen-bond acceptors (Lipinski definition) is 6. The summed E-state index contributed by atoms with van der Waals surface area (Å²) in [6.07, 6.45) is -0.799. The van der Waals surface area contributed by atoms with Crippen molar-refractivity contribution in [1.29, 1.82) is 0 Å². The second-order valence-corrected chi connectivity index (χ2v) is 8.36. The van der Waals surface area contributed by atoms with E-state index in [0.717, 1.165) is 5.56 Å². The normalized spacial score (nSPS) is 20.0. The van der Waals surface area contributed by atoms with E-state index < -0.39 is 28.4 Å². The molecule has 3 rings (SSSR count). The number of hydrogen-bond donors (Lipinski definition) is 1. The van der Waals surface area contributed by atoms with Crippen LogP contribution in [-0.4, -0.2) is 44.6 Å². The number of carbonyl (C=O) groups excluding carboxylic acids is 1. The predicted octanol–water partition coefficient (Wildman–Crippen LogP) is 2.27. The summed E-state index contributed by atoms with van der Waals surface area (Å²) in [4.78, 5) is 13.7. The Kier molecular flexibility index (Phi) is 6.66. The van der Waals surface area contributed by atoms with Gasteiger partial charge in [-0.1, -0.05) is 60.7 Å². The van der Waals surface area contributed by atoms with Crippen LogP contribution < -0.4 is 5.73 Å². The van der Waals surface area contributed by atoms with Gasteiger partial charge in [0.2, 0.25) is 0 Å². The van der Waals surface area contributed by atoms with Crippen molar-refractivity contribution >= 4 is 16.2 Å². The Hall–Kier alpha value is -2.42. The van der Waals surface area contributed by atoms with Gasteiger partial charge >= 0.3 is 6.09 Å². The summed E-state index contributed by atoms with van der Waals surface area (Å²) in [6, 6.07) is 17.6. The number of nitrogens with two attached hydrogens (primary N) is 1. The highest BCUT2D eigenvalue weighted by molar-refractivity contribution is 7.85. The Morgan fingerprint density at radius 3 is 2.25 bits per heavy atom. The monoisotopic (exact) mass is 404 g/mol. The number of carbonyl (C=O) groups is 1. The highest BCUT2D eigenvalue weighted by atomic mass is 32.2. The van der Waals surface area contributed by atoms with Crippen LogP contribution in [0.3, 0.4) is 0 Å². The number of rotatable bonds is 6. The van der Waals surface area contributed by atoms with Crippen molar-refractivity contribution in [1.82, 2.24) is 4.90 Å². The maximum atomic E-state index is 12.3. The summed E-state index contributed by atoms with van der Waals surface area (Å²) in [5, 5.41) is 0. The van der Waals surface area contributed by atoms with Gasteiger partial charge in [-0.2, -0.15) is 8.42 Å². The van der Waals surface area contributed by atoms with Crippen LogP contribution in [0.2, 0.25) is 0 Å². The molecule has 1 aliphatic heterocycles. The minimum atomic E-state index is -3.77. The van der Waals surface area contributed by atoms with E-state index in [1.807, 2.05) is 36.4 Å². The Bertz CT molecular complexity index is 874. The van der Waals surface area contributed by atoms with E-state index in [-0.39, 0.29) is 18.9 Å². The highest BCUT2D eigenvalue weighted by Gasteiger charge is 2.33. The summed E-state index contributed by atoms with van der Waals surface area (Å²) in [5.41, 5.74) is 7.62. The first-order valence-electron chi connectivity index (χ1n) is 9.09. The molecule has 1 heterocycles. The van der Waals surface area contributed by atoms with E-state index >= 15 is 0 Å². The van der Waals surface area contributed by atoms with Crippen LogP contribution in [-0.2, 0) is 31.4 Å². The average molecular weight is 404 g/mol. The van der Waals surface area contributed by atoms with Crippen LogP contribution in [0.25, 0.3) is 0 Å². The van der Waals surface area contributed by atoms with Gasteiger partial charge in [-0.3, -0.25) is 4.18 Å². The van der Waals surface area contributed by atoms with Gasteiger partial charge in [-0.25, -0.2) is 4.79 Å². The second kappa shape index (κ2) is 9.18. The van der Waals surface area contributed by atoms with E-state index in [1.54, 1.807) is 24.3 Å². The smallest absolute Gasteiger partial charge is 0.410 e. The number of benzene rings is 2. The zero-order valence-corrected chi connectivity index (χ0v) is 16.3. The summed E-state index contributed by atoms with van der Waals surface area (Å²) < 4.78 is 35.2. The van der Waals surface area contributed by atoms with Gasteiger partial charge in [0.15, 0.2) is 0 Å². The van der Waals surface area contributed by atoms with Crippen LogP contribution in [0.5, 0.6) is 0 Å². The van der Waals surface area contributed by atoms with Crippen LogP contribution >= 0.6 is 0 Å². The fourth-order valence-electron chi connectivity index (χ4n) is 3.06. The standard InChI is InChI=1S/C20H24N2O5S/c21-18-13-22(20(23)26-14-16-7-3-1-4-8-16)12-11-19(18)27-28(24,25)15-17-9-5-2-6-10-17/h1-10,18-19H,11-15,21H2/t18-,19-/m1/s1. The molecule has 2 aromatic carbocycles. The molecule has 0 aromatic heterocycles. The molecule has 0 radical (unpaired) electrons. The molecule has 8 heteroatoms. The Balaban J connectivity index is 1.49. The lowest BCUT2D eigenvalue weighted by molar-refractivity contribution is 0.0557. The minimum Gasteiger partial charge on any atom is -0.445 e. The number of piperidine rings is 1. The molecule has 150 valence electrons. The summed E-state index contributed by atoms with van der Waals surface area (Å²) in [6.45, 7) is 0.683. The van der Waals surface area contributed by atoms with Crippen molar-refractivity contribution in [2.24, 2.45) is 5.73 Å². The maximum absolute atomic E-state index is 12.3. The molecule has 28 heavy (non-hydrogen) atoms. The van der Waals surface area contributed by atoms with E-state index in [4.69, 9.17) is 14.7 Å². The molecule has 2 N–H and O–H groups in total. The summed E-state index contributed by atoms with van der Waals surface area (Å²) in [7, 11) is -3.77. The fraction of sp³-hybridized carbons (Fsp3) is 0.350. The first-order chi connectivity index (χ1) is 13.4. The summed E-state index contributed by atoms with van der Waals surface area (Å²) >= 11 is 0. The van der Waals surface area contributed by atoms with Crippen molar-refractivity contribution in [2.45, 2.75) is 30.9 Å². The largest absolute Gasteiger partial charge is 0.445 e. The predicted molar refractivity (Wildman–Crippen MR) is 105 cm³/mol. The van der Waals surface area contributed by atoms with Crippen LogP contribution in [0, 0.1) is 0 Å². The molecular formula is C20H24N2O5S. The molecule has 2 aromatic rings. The molecule has 1 aliphatic rings. The van der Waals surface area contributed by atoms with Crippen LogP contribution in [0.15, 0.2) is 60.7 Å². The molecule has 0 spiro atoms. The van der Waals surface area contributed by atoms with Crippen molar-refractivity contribution in [3.05, 3.63) is 71.8 Å². The Labute approximate surface area is 165 Å². The highest BCUT2D eigenvalue weighted by Crippen LogP contribution is 2.19. The van der Waals surface area contributed by atoms with Crippen molar-refractivity contribution in [2.75, 3.05) is 13.1 Å². The lowest BCUT2D eigenvalue weighted by Gasteiger charge is -2.35. The van der Waals surface area contributed by atoms with Gasteiger partial charge in [0.25, 0.3) is 10.1 Å². The van der Waals surface area contributed by atoms with Crippen molar-refractivity contribution in [3.63, 3.8) is 0 Å². The third-order valence-electron chi connectivity index (χ3n) is 4.51. The SMILES string of the molecule is N[C@@H]1CN(C(=O)OCc2ccccc2)CC[C@H]1OS(=O)(=O)Cc1ccccc1. The van der Waals surface area contributed by atoms with Gasteiger partial charge in [0, 0.05) is 13.1 Å². The molecule has 0 aliphatic carbocycles. The first kappa shape index (κ1) is 20.3. The average Bonchev–Trinajstić information content (AvgIpc) is 2.69. The Morgan fingerprint density at radius 1 is 1.04 bits per heavy atom. The molecular weight excluding hydrogens is 380 g/mol. The van der Waals surface area contributed by atoms with Gasteiger partial charge in [-0.05, 0) is 17.5 Å². The minimum absolute atomic E-state index is 0.177. The number of nitrogens with zero attached hydrogens (tertiary/aromatic N) is 1. The molecule has 1 fully saturated rings. The third kappa shape index (κ3) is 5.79. The topological polar surface area (TPSA) is 98.9 Å². The van der Waals surface area contributed by atoms with Crippen LogP contribution in [0.4, 0.5) is 4.79 Å². The quantitative estimate of drug-likeness (QED) is 0.742. The second-order valence-electron chi connectivity index (χ2n) is 6.76. The maximum Gasteiger partial charge on any atom is 0.410 e. The van der Waals surface area contributed by atoms with E-state index in [0.29, 0.717) is 18.5 Å². The summed E-state index contributed by atoms with van der Waals surface area (Å²) in [5.74, 6) is -0.208. The van der Waals surface area contributed by atoms with Gasteiger partial charge < -0.3 is 15.4 Å². The molecule has 1 amide bonds. The molecule has 1 saturated heterocycles.